The Balaban J connectivity index is 2.00. The summed E-state index contributed by atoms with van der Waals surface area (Å²) in [4.78, 5) is 28.5. The molecule has 0 spiro atoms. The molecule has 0 aliphatic carbocycles. The fourth-order valence-corrected chi connectivity index (χ4v) is 3.43. The van der Waals surface area contributed by atoms with Crippen molar-refractivity contribution in [3.05, 3.63) is 51.1 Å². The second-order valence-electron chi connectivity index (χ2n) is 6.09. The lowest BCUT2D eigenvalue weighted by atomic mass is 9.99. The van der Waals surface area contributed by atoms with Crippen LogP contribution in [-0.4, -0.2) is 36.9 Å². The molecule has 0 saturated heterocycles. The molecule has 0 fully saturated rings. The number of nitrogens with one attached hydrogen (secondary N) is 1. The van der Waals surface area contributed by atoms with Crippen molar-refractivity contribution < 1.29 is 14.3 Å². The summed E-state index contributed by atoms with van der Waals surface area (Å²) in [6, 6.07) is 7.14. The number of ether oxygens (including phenoxy) is 1. The third-order valence-electron chi connectivity index (χ3n) is 4.09. The average molecular weight is 467 g/mol. The van der Waals surface area contributed by atoms with Gasteiger partial charge in [-0.2, -0.15) is 0 Å². The van der Waals surface area contributed by atoms with E-state index < -0.39 is 12.2 Å². The molecular weight excluding hydrogens is 450 g/mol. The molecule has 2 heterocycles. The van der Waals surface area contributed by atoms with Gasteiger partial charge in [0, 0.05) is 28.2 Å². The summed E-state index contributed by atoms with van der Waals surface area (Å²) in [5.41, 5.74) is 2.79. The number of ketones is 1. The van der Waals surface area contributed by atoms with Crippen LogP contribution in [0.4, 0.5) is 0 Å². The number of H-pyrrole nitrogens is 1. The van der Waals surface area contributed by atoms with Gasteiger partial charge < -0.3 is 9.72 Å². The fourth-order valence-electron chi connectivity index (χ4n) is 2.83. The molecule has 0 aliphatic heterocycles. The van der Waals surface area contributed by atoms with Gasteiger partial charge >= 0.3 is 5.97 Å². The van der Waals surface area contributed by atoms with Crippen molar-refractivity contribution in [2.75, 3.05) is 0 Å². The van der Waals surface area contributed by atoms with Crippen molar-refractivity contribution in [1.82, 2.24) is 25.2 Å². The molecule has 146 valence electrons. The van der Waals surface area contributed by atoms with Gasteiger partial charge in [-0.05, 0) is 36.8 Å². The summed E-state index contributed by atoms with van der Waals surface area (Å²) in [6.45, 7) is 4.72. The van der Waals surface area contributed by atoms with Gasteiger partial charge in [0.2, 0.25) is 12.1 Å². The summed E-state index contributed by atoms with van der Waals surface area (Å²) < 4.78 is 5.85. The van der Waals surface area contributed by atoms with Crippen LogP contribution in [0.2, 0.25) is 0 Å². The average Bonchev–Trinajstić information content (AvgIpc) is 3.25. The van der Waals surface area contributed by atoms with Crippen LogP contribution < -0.4 is 0 Å². The monoisotopic (exact) mass is 465 g/mol. The normalized spacial score (nSPS) is 12.0. The number of halogens is 2. The van der Waals surface area contributed by atoms with E-state index in [4.69, 9.17) is 16.3 Å². The second kappa shape index (κ2) is 8.24. The fraction of sp³-hybridized carbons (Fsp3) is 0.278. The lowest BCUT2D eigenvalue weighted by Gasteiger charge is -2.08. The zero-order chi connectivity index (χ0) is 20.4. The quantitative estimate of drug-likeness (QED) is 0.337. The molecule has 10 heteroatoms. The van der Waals surface area contributed by atoms with E-state index in [0.717, 1.165) is 4.47 Å². The molecule has 8 nitrogen and oxygen atoms in total. The smallest absolute Gasteiger partial charge is 0.304 e. The molecular formula is C18H17BrClN5O3. The molecule has 0 amide bonds. The van der Waals surface area contributed by atoms with Gasteiger partial charge in [-0.1, -0.05) is 28.1 Å². The minimum absolute atomic E-state index is 0.119. The molecule has 0 aliphatic rings. The van der Waals surface area contributed by atoms with Gasteiger partial charge in [-0.3, -0.25) is 9.59 Å². The van der Waals surface area contributed by atoms with E-state index >= 15 is 0 Å². The van der Waals surface area contributed by atoms with Crippen molar-refractivity contribution in [3.63, 3.8) is 0 Å². The molecule has 1 aromatic carbocycles. The molecule has 1 N–H and O–H groups in total. The Hall–Kier alpha value is -2.52. The second-order valence-corrected chi connectivity index (χ2v) is 7.28. The number of aromatic amines is 1. The molecule has 0 bridgehead atoms. The van der Waals surface area contributed by atoms with Crippen LogP contribution in [0.1, 0.15) is 47.3 Å². The van der Waals surface area contributed by atoms with Crippen LogP contribution in [0.25, 0.3) is 11.5 Å². The first-order valence-electron chi connectivity index (χ1n) is 8.36. The highest BCUT2D eigenvalue weighted by molar-refractivity contribution is 9.10. The number of benzene rings is 1. The molecule has 2 aromatic heterocycles. The SMILES string of the molecule is CC(=O)OC(C)n1nnc(-c2[nH]c(CCl)c(C(=O)c3cccc(Br)c3)c2C)n1. The third kappa shape index (κ3) is 4.00. The van der Waals surface area contributed by atoms with Crippen molar-refractivity contribution in [3.8, 4) is 11.5 Å². The number of esters is 1. The highest BCUT2D eigenvalue weighted by Crippen LogP contribution is 2.29. The van der Waals surface area contributed by atoms with Crippen molar-refractivity contribution >= 4 is 39.3 Å². The van der Waals surface area contributed by atoms with Crippen molar-refractivity contribution in [1.29, 1.82) is 0 Å². The zero-order valence-corrected chi connectivity index (χ0v) is 17.7. The Bertz CT molecular complexity index is 1050. The lowest BCUT2D eigenvalue weighted by molar-refractivity contribution is -0.151. The van der Waals surface area contributed by atoms with Crippen LogP contribution >= 0.6 is 27.5 Å². The first-order chi connectivity index (χ1) is 13.3. The van der Waals surface area contributed by atoms with Gasteiger partial charge in [0.15, 0.2) is 5.78 Å². The number of tetrazole rings is 1. The van der Waals surface area contributed by atoms with E-state index in [1.165, 1.54) is 11.7 Å². The van der Waals surface area contributed by atoms with Crippen LogP contribution in [0.15, 0.2) is 28.7 Å². The minimum atomic E-state index is -0.704. The maximum atomic E-state index is 13.1. The Labute approximate surface area is 174 Å². The number of alkyl halides is 1. The number of nitrogens with zero attached hydrogens (tertiary/aromatic N) is 4. The van der Waals surface area contributed by atoms with Gasteiger partial charge in [0.25, 0.3) is 0 Å². The maximum absolute atomic E-state index is 13.1. The van der Waals surface area contributed by atoms with Crippen molar-refractivity contribution in [2.24, 2.45) is 0 Å². The number of carbonyl (C=O) groups excluding carboxylic acids is 2. The first kappa shape index (κ1) is 20.2. The van der Waals surface area contributed by atoms with Crippen LogP contribution in [0.3, 0.4) is 0 Å². The summed E-state index contributed by atoms with van der Waals surface area (Å²) in [6.07, 6.45) is -0.704. The maximum Gasteiger partial charge on any atom is 0.304 e. The Morgan fingerprint density at radius 3 is 2.79 bits per heavy atom. The molecule has 0 saturated carbocycles. The lowest BCUT2D eigenvalue weighted by Crippen LogP contribution is -2.15. The zero-order valence-electron chi connectivity index (χ0n) is 15.4. The van der Waals surface area contributed by atoms with E-state index in [0.29, 0.717) is 28.1 Å². The number of carbonyl (C=O) groups is 2. The minimum Gasteiger partial charge on any atom is -0.438 e. The van der Waals surface area contributed by atoms with Crippen molar-refractivity contribution in [2.45, 2.75) is 32.9 Å². The molecule has 1 atom stereocenters. The standard InChI is InChI=1S/C18H17BrClN5O3/c1-9-15(17(27)12-5-4-6-13(19)7-12)14(8-20)21-16(9)18-22-24-25(23-18)10(2)28-11(3)26/h4-7,10,21H,8H2,1-3H3. The van der Waals surface area contributed by atoms with Gasteiger partial charge in [-0.15, -0.1) is 26.6 Å². The highest BCUT2D eigenvalue weighted by atomic mass is 79.9. The largest absolute Gasteiger partial charge is 0.438 e. The van der Waals surface area contributed by atoms with Gasteiger partial charge in [-0.25, -0.2) is 0 Å². The molecule has 0 radical (unpaired) electrons. The highest BCUT2D eigenvalue weighted by Gasteiger charge is 2.24. The molecule has 3 rings (SSSR count). The summed E-state index contributed by atoms with van der Waals surface area (Å²) in [5, 5.41) is 12.2. The number of rotatable bonds is 6. The summed E-state index contributed by atoms with van der Waals surface area (Å²) in [7, 11) is 0. The van der Waals surface area contributed by atoms with Crippen LogP contribution in [0.5, 0.6) is 0 Å². The predicted octanol–water partition coefficient (Wildman–Crippen LogP) is 3.79. The van der Waals surface area contributed by atoms with Gasteiger partial charge in [0.1, 0.15) is 0 Å². The Morgan fingerprint density at radius 1 is 1.39 bits per heavy atom. The Morgan fingerprint density at radius 2 is 2.14 bits per heavy atom. The van der Waals surface area contributed by atoms with E-state index in [9.17, 15) is 9.59 Å². The van der Waals surface area contributed by atoms with Crippen LogP contribution in [0, 0.1) is 6.92 Å². The number of hydrogen-bond donors (Lipinski definition) is 1. The third-order valence-corrected chi connectivity index (χ3v) is 4.85. The van der Waals surface area contributed by atoms with Gasteiger partial charge in [0.05, 0.1) is 11.6 Å². The van der Waals surface area contributed by atoms with E-state index in [1.807, 2.05) is 6.07 Å². The molecule has 3 aromatic rings. The predicted molar refractivity (Wildman–Crippen MR) is 106 cm³/mol. The van der Waals surface area contributed by atoms with E-state index in [-0.39, 0.29) is 17.5 Å². The molecule has 28 heavy (non-hydrogen) atoms. The number of aromatic nitrogens is 5. The van der Waals surface area contributed by atoms with Crippen LogP contribution in [-0.2, 0) is 15.4 Å². The Kier molecular flexibility index (Phi) is 5.95. The summed E-state index contributed by atoms with van der Waals surface area (Å²) in [5.74, 6) is -0.212. The molecule has 1 unspecified atom stereocenters. The summed E-state index contributed by atoms with van der Waals surface area (Å²) >= 11 is 9.45. The van der Waals surface area contributed by atoms with E-state index in [2.05, 4.69) is 36.3 Å². The first-order valence-corrected chi connectivity index (χ1v) is 9.69. The number of hydrogen-bond acceptors (Lipinski definition) is 6. The van der Waals surface area contributed by atoms with E-state index in [1.54, 1.807) is 32.0 Å². The topological polar surface area (TPSA) is 103 Å².